The first kappa shape index (κ1) is 11.7. The normalized spacial score (nSPS) is 10.6. The van der Waals surface area contributed by atoms with Crippen LogP contribution in [0.15, 0.2) is 59.2 Å². The highest BCUT2D eigenvalue weighted by atomic mass is 16.5. The van der Waals surface area contributed by atoms with E-state index in [1.54, 1.807) is 13.4 Å². The molecule has 0 atom stereocenters. The Balaban J connectivity index is 1.76. The van der Waals surface area contributed by atoms with Crippen molar-refractivity contribution in [3.05, 3.63) is 60.4 Å². The van der Waals surface area contributed by atoms with E-state index in [1.165, 1.54) is 5.56 Å². The van der Waals surface area contributed by atoms with E-state index in [-0.39, 0.29) is 0 Å². The number of benzene rings is 2. The molecule has 1 heterocycles. The van der Waals surface area contributed by atoms with Gasteiger partial charge >= 0.3 is 0 Å². The minimum absolute atomic E-state index is 0.754. The Morgan fingerprint density at radius 3 is 2.68 bits per heavy atom. The second kappa shape index (κ2) is 5.06. The van der Waals surface area contributed by atoms with Crippen LogP contribution in [-0.2, 0) is 6.54 Å². The maximum atomic E-state index is 5.49. The maximum absolute atomic E-state index is 5.49. The Morgan fingerprint density at radius 1 is 1.05 bits per heavy atom. The summed E-state index contributed by atoms with van der Waals surface area (Å²) < 4.78 is 10.6. The minimum Gasteiger partial charge on any atom is -0.497 e. The Labute approximate surface area is 111 Å². The van der Waals surface area contributed by atoms with E-state index in [9.17, 15) is 0 Å². The van der Waals surface area contributed by atoms with Crippen molar-refractivity contribution >= 4 is 16.7 Å². The molecule has 96 valence electrons. The lowest BCUT2D eigenvalue weighted by Gasteiger charge is -2.07. The molecular formula is C16H15NO2. The zero-order valence-electron chi connectivity index (χ0n) is 10.7. The Hall–Kier alpha value is -2.42. The van der Waals surface area contributed by atoms with Gasteiger partial charge in [-0.2, -0.15) is 0 Å². The van der Waals surface area contributed by atoms with Gasteiger partial charge in [0.15, 0.2) is 5.58 Å². The lowest BCUT2D eigenvalue weighted by molar-refractivity contribution is 0.414. The third-order valence-corrected chi connectivity index (χ3v) is 3.12. The van der Waals surface area contributed by atoms with E-state index in [2.05, 4.69) is 5.32 Å². The summed E-state index contributed by atoms with van der Waals surface area (Å²) >= 11 is 0. The fourth-order valence-corrected chi connectivity index (χ4v) is 2.07. The van der Waals surface area contributed by atoms with Crippen molar-refractivity contribution in [2.24, 2.45) is 0 Å². The molecule has 19 heavy (non-hydrogen) atoms. The molecule has 1 N–H and O–H groups in total. The van der Waals surface area contributed by atoms with Gasteiger partial charge in [0.2, 0.25) is 0 Å². The standard InChI is InChI=1S/C16H15NO2/c1-18-14-7-5-12(6-8-14)11-17-15-4-2-3-13-9-10-19-16(13)15/h2-10,17H,11H2,1H3. The van der Waals surface area contributed by atoms with E-state index in [0.29, 0.717) is 0 Å². The molecule has 0 radical (unpaired) electrons. The third-order valence-electron chi connectivity index (χ3n) is 3.12. The number of hydrogen-bond donors (Lipinski definition) is 1. The number of fused-ring (bicyclic) bond motifs is 1. The molecule has 0 aliphatic rings. The molecule has 0 saturated heterocycles. The van der Waals surface area contributed by atoms with Gasteiger partial charge in [-0.15, -0.1) is 0 Å². The lowest BCUT2D eigenvalue weighted by atomic mass is 10.2. The molecule has 0 spiro atoms. The van der Waals surface area contributed by atoms with Crippen LogP contribution in [0.3, 0.4) is 0 Å². The molecule has 2 aromatic carbocycles. The van der Waals surface area contributed by atoms with Gasteiger partial charge in [0, 0.05) is 11.9 Å². The first-order valence-electron chi connectivity index (χ1n) is 6.20. The van der Waals surface area contributed by atoms with Crippen LogP contribution in [0.5, 0.6) is 5.75 Å². The van der Waals surface area contributed by atoms with Gasteiger partial charge < -0.3 is 14.5 Å². The van der Waals surface area contributed by atoms with E-state index >= 15 is 0 Å². The summed E-state index contributed by atoms with van der Waals surface area (Å²) in [6, 6.07) is 16.1. The largest absolute Gasteiger partial charge is 0.497 e. The van der Waals surface area contributed by atoms with Crippen LogP contribution in [0.1, 0.15) is 5.56 Å². The van der Waals surface area contributed by atoms with E-state index in [0.717, 1.165) is 29.0 Å². The number of methoxy groups -OCH3 is 1. The zero-order valence-corrected chi connectivity index (χ0v) is 10.7. The Kier molecular flexibility index (Phi) is 3.11. The van der Waals surface area contributed by atoms with Gasteiger partial charge in [-0.25, -0.2) is 0 Å². The molecule has 3 aromatic rings. The molecular weight excluding hydrogens is 238 g/mol. The van der Waals surface area contributed by atoms with Crippen molar-refractivity contribution in [3.8, 4) is 5.75 Å². The predicted molar refractivity (Wildman–Crippen MR) is 76.5 cm³/mol. The maximum Gasteiger partial charge on any atom is 0.156 e. The van der Waals surface area contributed by atoms with Crippen LogP contribution in [0.4, 0.5) is 5.69 Å². The molecule has 3 rings (SSSR count). The van der Waals surface area contributed by atoms with E-state index < -0.39 is 0 Å². The topological polar surface area (TPSA) is 34.4 Å². The van der Waals surface area contributed by atoms with Crippen LogP contribution in [0.2, 0.25) is 0 Å². The van der Waals surface area contributed by atoms with Gasteiger partial charge in [0.05, 0.1) is 19.1 Å². The molecule has 0 unspecified atom stereocenters. The highest BCUT2D eigenvalue weighted by Gasteiger charge is 2.03. The highest BCUT2D eigenvalue weighted by molar-refractivity contribution is 5.88. The molecule has 0 fully saturated rings. The SMILES string of the molecule is COc1ccc(CNc2cccc3ccoc23)cc1. The number of para-hydroxylation sites is 1. The second-order valence-corrected chi connectivity index (χ2v) is 4.35. The number of anilines is 1. The molecule has 0 saturated carbocycles. The van der Waals surface area contributed by atoms with Crippen molar-refractivity contribution in [3.63, 3.8) is 0 Å². The quantitative estimate of drug-likeness (QED) is 0.761. The Bertz CT molecular complexity index is 671. The fraction of sp³-hybridized carbons (Fsp3) is 0.125. The molecule has 3 heteroatoms. The van der Waals surface area contributed by atoms with E-state index in [4.69, 9.17) is 9.15 Å². The summed E-state index contributed by atoms with van der Waals surface area (Å²) in [5.74, 6) is 0.872. The van der Waals surface area contributed by atoms with Crippen LogP contribution in [-0.4, -0.2) is 7.11 Å². The van der Waals surface area contributed by atoms with E-state index in [1.807, 2.05) is 48.5 Å². The zero-order chi connectivity index (χ0) is 13.1. The number of rotatable bonds is 4. The predicted octanol–water partition coefficient (Wildman–Crippen LogP) is 4.05. The number of ether oxygens (including phenoxy) is 1. The summed E-state index contributed by atoms with van der Waals surface area (Å²) in [5, 5.41) is 4.50. The van der Waals surface area contributed by atoms with Gasteiger partial charge in [0.1, 0.15) is 5.75 Å². The lowest BCUT2D eigenvalue weighted by Crippen LogP contribution is -1.99. The first-order chi connectivity index (χ1) is 9.36. The van der Waals surface area contributed by atoms with Gasteiger partial charge in [-0.3, -0.25) is 0 Å². The fourth-order valence-electron chi connectivity index (χ4n) is 2.07. The summed E-state index contributed by atoms with van der Waals surface area (Å²) in [7, 11) is 1.67. The number of nitrogens with one attached hydrogen (secondary N) is 1. The molecule has 0 aliphatic carbocycles. The van der Waals surface area contributed by atoms with Crippen molar-refractivity contribution < 1.29 is 9.15 Å². The summed E-state index contributed by atoms with van der Waals surface area (Å²) in [4.78, 5) is 0. The minimum atomic E-state index is 0.754. The van der Waals surface area contributed by atoms with Crippen LogP contribution in [0.25, 0.3) is 11.0 Å². The smallest absolute Gasteiger partial charge is 0.156 e. The highest BCUT2D eigenvalue weighted by Crippen LogP contribution is 2.24. The number of furan rings is 1. The first-order valence-corrected chi connectivity index (χ1v) is 6.20. The van der Waals surface area contributed by atoms with Crippen LogP contribution >= 0.6 is 0 Å². The van der Waals surface area contributed by atoms with Crippen LogP contribution in [0, 0.1) is 0 Å². The monoisotopic (exact) mass is 253 g/mol. The van der Waals surface area contributed by atoms with Gasteiger partial charge in [-0.1, -0.05) is 24.3 Å². The molecule has 3 nitrogen and oxygen atoms in total. The Morgan fingerprint density at radius 2 is 1.89 bits per heavy atom. The molecule has 1 aromatic heterocycles. The summed E-state index contributed by atoms with van der Waals surface area (Å²) in [6.45, 7) is 0.754. The van der Waals surface area contributed by atoms with Gasteiger partial charge in [0.25, 0.3) is 0 Å². The van der Waals surface area contributed by atoms with Crippen molar-refractivity contribution in [1.82, 2.24) is 0 Å². The average Bonchev–Trinajstić information content (AvgIpc) is 2.94. The molecule has 0 amide bonds. The van der Waals surface area contributed by atoms with Crippen LogP contribution < -0.4 is 10.1 Å². The van der Waals surface area contributed by atoms with Gasteiger partial charge in [-0.05, 0) is 29.8 Å². The molecule has 0 bridgehead atoms. The average molecular weight is 253 g/mol. The summed E-state index contributed by atoms with van der Waals surface area (Å²) in [6.07, 6.45) is 1.71. The van der Waals surface area contributed by atoms with Crippen molar-refractivity contribution in [2.75, 3.05) is 12.4 Å². The van der Waals surface area contributed by atoms with Crippen molar-refractivity contribution in [1.29, 1.82) is 0 Å². The third kappa shape index (κ3) is 2.40. The molecule has 0 aliphatic heterocycles. The van der Waals surface area contributed by atoms with Crippen molar-refractivity contribution in [2.45, 2.75) is 6.54 Å². The number of hydrogen-bond acceptors (Lipinski definition) is 3. The summed E-state index contributed by atoms with van der Waals surface area (Å²) in [5.41, 5.74) is 3.11. The second-order valence-electron chi connectivity index (χ2n) is 4.35.